The average molecular weight is 847 g/mol. The molecule has 0 atom stereocenters. The molecule has 0 radical (unpaired) electrons. The molecule has 5 heteroatoms. The molecule has 0 saturated heterocycles. The number of hydrogen-bond donors (Lipinski definition) is 0. The van der Waals surface area contributed by atoms with E-state index in [9.17, 15) is 0 Å². The van der Waals surface area contributed by atoms with Crippen LogP contribution in [0.4, 0.5) is 34.1 Å². The third-order valence-electron chi connectivity index (χ3n) is 13.7. The first-order valence-electron chi connectivity index (χ1n) is 22.4. The van der Waals surface area contributed by atoms with E-state index in [0.29, 0.717) is 0 Å². The quantitative estimate of drug-likeness (QED) is 0.167. The van der Waals surface area contributed by atoms with Gasteiger partial charge in [-0.1, -0.05) is 146 Å². The Balaban J connectivity index is 1.07. The number of para-hydroxylation sites is 5. The lowest BCUT2D eigenvalue weighted by atomic mass is 9.66. The molecule has 1 spiro atoms. The number of benzene rings is 10. The fraction of sp³-hybridized carbons (Fsp3) is 0.0164. The van der Waals surface area contributed by atoms with Crippen LogP contribution in [-0.4, -0.2) is 0 Å². The van der Waals surface area contributed by atoms with Gasteiger partial charge in [0.05, 0.1) is 11.1 Å². The predicted molar refractivity (Wildman–Crippen MR) is 268 cm³/mol. The summed E-state index contributed by atoms with van der Waals surface area (Å²) in [6, 6.07) is 81.7. The standard InChI is InChI=1S/C61H38N2O3/c1-3-17-39(18-4-1)62(40-19-5-2-6-20-40)43-36-49-47-24-10-15-29-56(47)66-60(49)54(37-43)63(41-32-34-57-48(35-41)46-23-9-14-28-55(46)64-57)42-31-33-53-59(38-42)65-58-30-16-13-27-52(58)61(53)50-25-11-7-21-44(50)45-22-8-12-26-51(45)61/h1-38H. The van der Waals surface area contributed by atoms with Crippen LogP contribution >= 0.6 is 0 Å². The molecule has 1 aliphatic carbocycles. The predicted octanol–water partition coefficient (Wildman–Crippen LogP) is 16.9. The summed E-state index contributed by atoms with van der Waals surface area (Å²) in [6.07, 6.45) is 0. The van der Waals surface area contributed by atoms with Gasteiger partial charge in [-0.25, -0.2) is 0 Å². The van der Waals surface area contributed by atoms with Gasteiger partial charge in [0.1, 0.15) is 28.2 Å². The third kappa shape index (κ3) is 5.22. The number of nitrogens with zero attached hydrogens (tertiary/aromatic N) is 2. The molecule has 3 heterocycles. The molecule has 310 valence electrons. The highest BCUT2D eigenvalue weighted by Crippen LogP contribution is 2.62. The summed E-state index contributed by atoms with van der Waals surface area (Å²) in [4.78, 5) is 4.65. The Morgan fingerprint density at radius 1 is 0.303 bits per heavy atom. The normalized spacial score (nSPS) is 13.1. The first-order chi connectivity index (χ1) is 32.7. The number of rotatable bonds is 6. The molecule has 0 amide bonds. The van der Waals surface area contributed by atoms with Gasteiger partial charge in [-0.15, -0.1) is 0 Å². The minimum atomic E-state index is -0.590. The van der Waals surface area contributed by atoms with E-state index in [4.69, 9.17) is 13.6 Å². The van der Waals surface area contributed by atoms with Gasteiger partial charge in [0.25, 0.3) is 0 Å². The van der Waals surface area contributed by atoms with Gasteiger partial charge >= 0.3 is 0 Å². The highest BCUT2D eigenvalue weighted by Gasteiger charge is 2.51. The van der Waals surface area contributed by atoms with E-state index < -0.39 is 5.41 Å². The highest BCUT2D eigenvalue weighted by atomic mass is 16.5. The van der Waals surface area contributed by atoms with E-state index >= 15 is 0 Å². The summed E-state index contributed by atoms with van der Waals surface area (Å²) in [6.45, 7) is 0. The molecule has 5 nitrogen and oxygen atoms in total. The van der Waals surface area contributed by atoms with Gasteiger partial charge in [-0.05, 0) is 101 Å². The SMILES string of the molecule is c1ccc(N(c2ccccc2)c2cc(N(c3ccc4c(c3)Oc3ccccc3C43c4ccccc4-c4ccccc43)c3ccc4oc5ccccc5c4c3)c3oc4ccccc4c3c2)cc1. The van der Waals surface area contributed by atoms with Crippen molar-refractivity contribution >= 4 is 78.0 Å². The lowest BCUT2D eigenvalue weighted by Gasteiger charge is -2.40. The molecule has 0 fully saturated rings. The van der Waals surface area contributed by atoms with Crippen molar-refractivity contribution in [2.45, 2.75) is 5.41 Å². The Morgan fingerprint density at radius 2 is 0.818 bits per heavy atom. The molecule has 2 aliphatic rings. The van der Waals surface area contributed by atoms with E-state index in [0.717, 1.165) is 101 Å². The second-order valence-electron chi connectivity index (χ2n) is 17.2. The van der Waals surface area contributed by atoms with Gasteiger partial charge in [0.15, 0.2) is 5.58 Å². The zero-order chi connectivity index (χ0) is 43.3. The smallest absolute Gasteiger partial charge is 0.159 e. The Hall–Kier alpha value is -8.80. The van der Waals surface area contributed by atoms with Gasteiger partial charge < -0.3 is 23.4 Å². The second-order valence-corrected chi connectivity index (χ2v) is 17.2. The van der Waals surface area contributed by atoms with Crippen LogP contribution in [0.15, 0.2) is 239 Å². The summed E-state index contributed by atoms with van der Waals surface area (Å²) >= 11 is 0. The topological polar surface area (TPSA) is 42.0 Å². The Kier molecular flexibility index (Phi) is 7.83. The largest absolute Gasteiger partial charge is 0.457 e. The van der Waals surface area contributed by atoms with E-state index in [1.54, 1.807) is 0 Å². The van der Waals surface area contributed by atoms with Crippen molar-refractivity contribution in [2.75, 3.05) is 9.80 Å². The molecule has 0 bridgehead atoms. The molecule has 14 rings (SSSR count). The maximum Gasteiger partial charge on any atom is 0.159 e. The van der Waals surface area contributed by atoms with Gasteiger partial charge in [-0.3, -0.25) is 0 Å². The van der Waals surface area contributed by atoms with Crippen molar-refractivity contribution in [1.82, 2.24) is 0 Å². The number of anilines is 6. The lowest BCUT2D eigenvalue weighted by molar-refractivity contribution is 0.436. The summed E-state index contributed by atoms with van der Waals surface area (Å²) in [5, 5.41) is 4.14. The van der Waals surface area contributed by atoms with Crippen molar-refractivity contribution in [1.29, 1.82) is 0 Å². The molecule has 1 aliphatic heterocycles. The van der Waals surface area contributed by atoms with Gasteiger partial charge in [0, 0.05) is 67.2 Å². The summed E-state index contributed by atoms with van der Waals surface area (Å²) < 4.78 is 20.5. The zero-order valence-corrected chi connectivity index (χ0v) is 35.6. The van der Waals surface area contributed by atoms with Gasteiger partial charge in [-0.2, -0.15) is 0 Å². The monoisotopic (exact) mass is 846 g/mol. The first-order valence-corrected chi connectivity index (χ1v) is 22.4. The lowest BCUT2D eigenvalue weighted by Crippen LogP contribution is -2.32. The molecular formula is C61H38N2O3. The Morgan fingerprint density at radius 3 is 1.53 bits per heavy atom. The molecule has 66 heavy (non-hydrogen) atoms. The maximum absolute atomic E-state index is 7.11. The van der Waals surface area contributed by atoms with Crippen LogP contribution in [0.3, 0.4) is 0 Å². The van der Waals surface area contributed by atoms with Crippen LogP contribution in [0.2, 0.25) is 0 Å². The van der Waals surface area contributed by atoms with Crippen molar-refractivity contribution in [3.63, 3.8) is 0 Å². The van der Waals surface area contributed by atoms with Crippen molar-refractivity contribution in [3.05, 3.63) is 253 Å². The molecule has 0 saturated carbocycles. The molecule has 12 aromatic rings. The molecule has 0 N–H and O–H groups in total. The number of fused-ring (bicyclic) bond motifs is 15. The van der Waals surface area contributed by atoms with E-state index in [-0.39, 0.29) is 0 Å². The Bertz CT molecular complexity index is 3800. The van der Waals surface area contributed by atoms with Crippen LogP contribution in [0.5, 0.6) is 11.5 Å². The third-order valence-corrected chi connectivity index (χ3v) is 13.7. The fourth-order valence-corrected chi connectivity index (χ4v) is 11.0. The molecule has 2 aromatic heterocycles. The second kappa shape index (κ2) is 14.1. The molecular weight excluding hydrogens is 809 g/mol. The average Bonchev–Trinajstić information content (AvgIpc) is 4.04. The highest BCUT2D eigenvalue weighted by molar-refractivity contribution is 6.13. The van der Waals surface area contributed by atoms with E-state index in [2.05, 4.69) is 222 Å². The van der Waals surface area contributed by atoms with Crippen molar-refractivity contribution in [2.24, 2.45) is 0 Å². The minimum Gasteiger partial charge on any atom is -0.457 e. The maximum atomic E-state index is 7.11. The first kappa shape index (κ1) is 36.7. The van der Waals surface area contributed by atoms with Crippen LogP contribution in [0.1, 0.15) is 22.3 Å². The van der Waals surface area contributed by atoms with Crippen LogP contribution < -0.4 is 14.5 Å². The summed E-state index contributed by atoms with van der Waals surface area (Å²) in [5.41, 5.74) is 15.7. The minimum absolute atomic E-state index is 0.590. The van der Waals surface area contributed by atoms with Gasteiger partial charge in [0.2, 0.25) is 0 Å². The zero-order valence-electron chi connectivity index (χ0n) is 35.6. The summed E-state index contributed by atoms with van der Waals surface area (Å²) in [5.74, 6) is 1.64. The van der Waals surface area contributed by atoms with E-state index in [1.165, 1.54) is 22.3 Å². The number of ether oxygens (including phenoxy) is 1. The van der Waals surface area contributed by atoms with Crippen LogP contribution in [-0.2, 0) is 5.41 Å². The summed E-state index contributed by atoms with van der Waals surface area (Å²) in [7, 11) is 0. The van der Waals surface area contributed by atoms with Crippen molar-refractivity contribution < 1.29 is 13.6 Å². The number of hydrogen-bond acceptors (Lipinski definition) is 5. The molecule has 10 aromatic carbocycles. The Labute approximate surface area is 380 Å². The van der Waals surface area contributed by atoms with Crippen LogP contribution in [0.25, 0.3) is 55.0 Å². The van der Waals surface area contributed by atoms with E-state index in [1.807, 2.05) is 18.2 Å². The molecule has 0 unspecified atom stereocenters. The number of furan rings is 2. The van der Waals surface area contributed by atoms with Crippen LogP contribution in [0, 0.1) is 0 Å². The van der Waals surface area contributed by atoms with Crippen molar-refractivity contribution in [3.8, 4) is 22.6 Å². The fourth-order valence-electron chi connectivity index (χ4n) is 11.0.